The van der Waals surface area contributed by atoms with Gasteiger partial charge in [-0.15, -0.1) is 0 Å². The minimum absolute atomic E-state index is 0.269. The van der Waals surface area contributed by atoms with E-state index in [1.807, 2.05) is 19.9 Å². The molecule has 0 aromatic heterocycles. The molecule has 3 aliphatic carbocycles. The summed E-state index contributed by atoms with van der Waals surface area (Å²) < 4.78 is 42.6. The average molecular weight is 497 g/mol. The number of allylic oxidation sites excluding steroid dienone is 4. The number of alkyl halides is 3. The minimum Gasteiger partial charge on any atom is -0.455 e. The van der Waals surface area contributed by atoms with Gasteiger partial charge in [-0.05, 0) is 94.0 Å². The molecule has 0 spiro atoms. The Morgan fingerprint density at radius 1 is 1.23 bits per heavy atom. The second kappa shape index (κ2) is 10.8. The van der Waals surface area contributed by atoms with E-state index in [0.717, 1.165) is 43.3 Å². The van der Waals surface area contributed by atoms with Crippen LogP contribution in [0.2, 0.25) is 0 Å². The zero-order valence-electron chi connectivity index (χ0n) is 21.8. The molecule has 3 fully saturated rings. The third-order valence-corrected chi connectivity index (χ3v) is 8.85. The summed E-state index contributed by atoms with van der Waals surface area (Å²) in [5, 5.41) is 10.1. The van der Waals surface area contributed by atoms with Gasteiger partial charge in [0.2, 0.25) is 0 Å². The van der Waals surface area contributed by atoms with Crippen LogP contribution < -0.4 is 0 Å². The van der Waals surface area contributed by atoms with Gasteiger partial charge < -0.3 is 9.84 Å². The van der Waals surface area contributed by atoms with Crippen molar-refractivity contribution in [3.05, 3.63) is 35.5 Å². The fourth-order valence-electron chi connectivity index (χ4n) is 6.97. The Morgan fingerprint density at radius 2 is 1.94 bits per heavy atom. The molecule has 0 aromatic rings. The lowest BCUT2D eigenvalue weighted by atomic mass is 9.60. The maximum Gasteiger partial charge on any atom is 0.490 e. The molecule has 5 unspecified atom stereocenters. The Balaban J connectivity index is 1.68. The number of fused-ring (bicyclic) bond motifs is 1. The SMILES string of the molecule is C=C1CCC(OC(=O)C(F)(F)F)CC1=CC=C1CCCC2(C)C1CCC2C(C)CCCC(C)(C)O. The monoisotopic (exact) mass is 496 g/mol. The summed E-state index contributed by atoms with van der Waals surface area (Å²) in [5.41, 5.74) is 2.92. The molecule has 3 nitrogen and oxygen atoms in total. The standard InChI is InChI=1S/C29H43F3O3/c1-19-10-13-23(35-26(33)29(30,31)32)18-22(19)12-11-21-9-7-17-28(5)24(14-15-25(21)28)20(2)8-6-16-27(3,4)34/h11-12,20,23-25,34H,1,6-10,13-18H2,2-5H3. The lowest BCUT2D eigenvalue weighted by molar-refractivity contribution is -0.205. The number of halogens is 3. The van der Waals surface area contributed by atoms with Crippen molar-refractivity contribution in [3.63, 3.8) is 0 Å². The molecular formula is C29H43F3O3. The van der Waals surface area contributed by atoms with E-state index in [1.54, 1.807) is 0 Å². The van der Waals surface area contributed by atoms with Crippen LogP contribution >= 0.6 is 0 Å². The summed E-state index contributed by atoms with van der Waals surface area (Å²) in [6.45, 7) is 12.7. The van der Waals surface area contributed by atoms with Crippen LogP contribution in [0.15, 0.2) is 35.5 Å². The fraction of sp³-hybridized carbons (Fsp3) is 0.759. The van der Waals surface area contributed by atoms with Crippen LogP contribution in [0.3, 0.4) is 0 Å². The van der Waals surface area contributed by atoms with Crippen LogP contribution in [0.1, 0.15) is 98.3 Å². The molecular weight excluding hydrogens is 453 g/mol. The highest BCUT2D eigenvalue weighted by molar-refractivity contribution is 5.75. The summed E-state index contributed by atoms with van der Waals surface area (Å²) in [4.78, 5) is 11.3. The molecule has 0 radical (unpaired) electrons. The molecule has 0 aliphatic heterocycles. The number of rotatable bonds is 7. The number of carbonyl (C=O) groups is 1. The molecule has 3 aliphatic rings. The van der Waals surface area contributed by atoms with Crippen molar-refractivity contribution in [2.24, 2.45) is 23.2 Å². The third kappa shape index (κ3) is 7.02. The highest BCUT2D eigenvalue weighted by Crippen LogP contribution is 2.60. The van der Waals surface area contributed by atoms with Gasteiger partial charge in [0.1, 0.15) is 6.10 Å². The summed E-state index contributed by atoms with van der Waals surface area (Å²) >= 11 is 0. The van der Waals surface area contributed by atoms with Crippen molar-refractivity contribution >= 4 is 5.97 Å². The zero-order chi connectivity index (χ0) is 26.0. The summed E-state index contributed by atoms with van der Waals surface area (Å²) in [6, 6.07) is 0. The predicted molar refractivity (Wildman–Crippen MR) is 133 cm³/mol. The van der Waals surface area contributed by atoms with E-state index in [1.165, 1.54) is 24.8 Å². The Hall–Kier alpha value is -1.56. The van der Waals surface area contributed by atoms with Crippen molar-refractivity contribution in [1.82, 2.24) is 0 Å². The first-order valence-corrected chi connectivity index (χ1v) is 13.3. The lowest BCUT2D eigenvalue weighted by Gasteiger charge is -2.44. The summed E-state index contributed by atoms with van der Waals surface area (Å²) in [5.74, 6) is -0.288. The number of ether oxygens (including phenoxy) is 1. The van der Waals surface area contributed by atoms with Crippen LogP contribution in [0.5, 0.6) is 0 Å². The van der Waals surface area contributed by atoms with Crippen molar-refractivity contribution in [1.29, 1.82) is 0 Å². The second-order valence-corrected chi connectivity index (χ2v) is 12.1. The highest BCUT2D eigenvalue weighted by atomic mass is 19.4. The van der Waals surface area contributed by atoms with Gasteiger partial charge >= 0.3 is 12.1 Å². The number of hydrogen-bond donors (Lipinski definition) is 1. The number of hydrogen-bond acceptors (Lipinski definition) is 3. The number of carbonyl (C=O) groups excluding carboxylic acids is 1. The van der Waals surface area contributed by atoms with E-state index in [9.17, 15) is 23.1 Å². The van der Waals surface area contributed by atoms with Gasteiger partial charge in [-0.1, -0.05) is 56.6 Å². The van der Waals surface area contributed by atoms with Gasteiger partial charge in [0.15, 0.2) is 0 Å². The van der Waals surface area contributed by atoms with Crippen LogP contribution in [0.4, 0.5) is 13.2 Å². The molecule has 0 bridgehead atoms. The van der Waals surface area contributed by atoms with E-state index in [-0.39, 0.29) is 11.8 Å². The first-order valence-electron chi connectivity index (χ1n) is 13.3. The molecule has 1 N–H and O–H groups in total. The Labute approximate surface area is 208 Å². The van der Waals surface area contributed by atoms with Gasteiger partial charge in [-0.2, -0.15) is 13.2 Å². The van der Waals surface area contributed by atoms with Crippen LogP contribution in [-0.4, -0.2) is 29.0 Å². The predicted octanol–water partition coefficient (Wildman–Crippen LogP) is 7.85. The molecule has 198 valence electrons. The second-order valence-electron chi connectivity index (χ2n) is 12.1. The van der Waals surface area contributed by atoms with Crippen LogP contribution in [0.25, 0.3) is 0 Å². The first-order chi connectivity index (χ1) is 16.2. The Morgan fingerprint density at radius 3 is 2.60 bits per heavy atom. The molecule has 6 heteroatoms. The lowest BCUT2D eigenvalue weighted by Crippen LogP contribution is -2.36. The van der Waals surface area contributed by atoms with Crippen LogP contribution in [0, 0.1) is 23.2 Å². The molecule has 35 heavy (non-hydrogen) atoms. The van der Waals surface area contributed by atoms with E-state index in [4.69, 9.17) is 4.74 Å². The molecule has 0 aromatic carbocycles. The number of aliphatic hydroxyl groups is 1. The van der Waals surface area contributed by atoms with Gasteiger partial charge in [-0.25, -0.2) is 4.79 Å². The fourth-order valence-corrected chi connectivity index (χ4v) is 6.97. The van der Waals surface area contributed by atoms with Gasteiger partial charge in [0.05, 0.1) is 5.60 Å². The number of esters is 1. The Bertz CT molecular complexity index is 848. The molecule has 0 amide bonds. The smallest absolute Gasteiger partial charge is 0.455 e. The molecule has 0 saturated heterocycles. The topological polar surface area (TPSA) is 46.5 Å². The van der Waals surface area contributed by atoms with Crippen molar-refractivity contribution < 1.29 is 27.8 Å². The Kier molecular flexibility index (Phi) is 8.66. The average Bonchev–Trinajstić information content (AvgIpc) is 3.10. The first kappa shape index (κ1) is 28.0. The maximum atomic E-state index is 12.6. The van der Waals surface area contributed by atoms with Gasteiger partial charge in [-0.3, -0.25) is 0 Å². The van der Waals surface area contributed by atoms with E-state index < -0.39 is 23.9 Å². The summed E-state index contributed by atoms with van der Waals surface area (Å²) in [7, 11) is 0. The molecule has 5 atom stereocenters. The van der Waals surface area contributed by atoms with Crippen LogP contribution in [-0.2, 0) is 9.53 Å². The van der Waals surface area contributed by atoms with E-state index >= 15 is 0 Å². The normalized spacial score (nSPS) is 33.1. The maximum absolute atomic E-state index is 12.6. The van der Waals surface area contributed by atoms with E-state index in [0.29, 0.717) is 30.6 Å². The quantitative estimate of drug-likeness (QED) is 0.365. The van der Waals surface area contributed by atoms with Crippen molar-refractivity contribution in [2.75, 3.05) is 0 Å². The van der Waals surface area contributed by atoms with Gasteiger partial charge in [0.25, 0.3) is 0 Å². The van der Waals surface area contributed by atoms with Gasteiger partial charge in [0, 0.05) is 6.42 Å². The highest BCUT2D eigenvalue weighted by Gasteiger charge is 2.50. The summed E-state index contributed by atoms with van der Waals surface area (Å²) in [6.07, 6.45) is 8.55. The molecule has 3 rings (SSSR count). The third-order valence-electron chi connectivity index (χ3n) is 8.85. The zero-order valence-corrected chi connectivity index (χ0v) is 21.8. The van der Waals surface area contributed by atoms with Crippen molar-refractivity contribution in [3.8, 4) is 0 Å². The van der Waals surface area contributed by atoms with E-state index in [2.05, 4.69) is 26.5 Å². The molecule has 3 saturated carbocycles. The van der Waals surface area contributed by atoms with Crippen molar-refractivity contribution in [2.45, 2.75) is 116 Å². The molecule has 0 heterocycles. The minimum atomic E-state index is -4.96. The largest absolute Gasteiger partial charge is 0.490 e.